The highest BCUT2D eigenvalue weighted by Gasteiger charge is 2.35. The fourth-order valence-corrected chi connectivity index (χ4v) is 3.22. The van der Waals surface area contributed by atoms with Gasteiger partial charge in [0.1, 0.15) is 0 Å². The summed E-state index contributed by atoms with van der Waals surface area (Å²) in [6.07, 6.45) is 0.950. The van der Waals surface area contributed by atoms with Crippen LogP contribution in [0.4, 0.5) is 0 Å². The van der Waals surface area contributed by atoms with Crippen molar-refractivity contribution in [1.29, 1.82) is 0 Å². The van der Waals surface area contributed by atoms with Gasteiger partial charge in [0.25, 0.3) is 0 Å². The van der Waals surface area contributed by atoms with Crippen molar-refractivity contribution in [3.05, 3.63) is 0 Å². The van der Waals surface area contributed by atoms with E-state index in [1.165, 1.54) is 0 Å². The van der Waals surface area contributed by atoms with Crippen molar-refractivity contribution < 1.29 is 13.2 Å². The first-order valence-corrected chi connectivity index (χ1v) is 7.40. The third-order valence-corrected chi connectivity index (χ3v) is 5.90. The summed E-state index contributed by atoms with van der Waals surface area (Å²) in [5, 5.41) is 3.11. The molecule has 1 aliphatic heterocycles. The Morgan fingerprint density at radius 2 is 2.06 bits per heavy atom. The van der Waals surface area contributed by atoms with Crippen LogP contribution in [-0.2, 0) is 14.6 Å². The highest BCUT2D eigenvalue weighted by molar-refractivity contribution is 7.92. The van der Waals surface area contributed by atoms with E-state index in [0.717, 1.165) is 13.0 Å². The normalized spacial score (nSPS) is 24.6. The predicted molar refractivity (Wildman–Crippen MR) is 65.3 cm³/mol. The summed E-state index contributed by atoms with van der Waals surface area (Å²) < 4.78 is 28.8. The average Bonchev–Trinajstić information content (AvgIpc) is 2.65. The molecule has 2 atom stereocenters. The van der Waals surface area contributed by atoms with Gasteiger partial charge >= 0.3 is 0 Å². The molecule has 2 unspecified atom stereocenters. The number of hydrogen-bond donors (Lipinski definition) is 1. The monoisotopic (exact) mass is 249 g/mol. The summed E-state index contributed by atoms with van der Waals surface area (Å²) in [5.74, 6) is 0.517. The minimum absolute atomic E-state index is 0.00623. The molecule has 1 N–H and O–H groups in total. The van der Waals surface area contributed by atoms with Crippen LogP contribution in [0.3, 0.4) is 0 Å². The quantitative estimate of drug-likeness (QED) is 0.801. The molecule has 1 saturated heterocycles. The summed E-state index contributed by atoms with van der Waals surface area (Å²) in [7, 11) is -1.24. The zero-order valence-electron chi connectivity index (χ0n) is 10.6. The maximum absolute atomic E-state index is 12.1. The van der Waals surface area contributed by atoms with E-state index >= 15 is 0 Å². The lowest BCUT2D eigenvalue weighted by Crippen LogP contribution is -2.44. The van der Waals surface area contributed by atoms with Gasteiger partial charge in [0.2, 0.25) is 0 Å². The second kappa shape index (κ2) is 5.02. The largest absolute Gasteiger partial charge is 0.381 e. The Kier molecular flexibility index (Phi) is 4.37. The zero-order chi connectivity index (χ0) is 12.4. The van der Waals surface area contributed by atoms with Crippen LogP contribution in [0.2, 0.25) is 0 Å². The molecule has 1 fully saturated rings. The molecule has 16 heavy (non-hydrogen) atoms. The highest BCUT2D eigenvalue weighted by atomic mass is 32.2. The van der Waals surface area contributed by atoms with Crippen molar-refractivity contribution in [2.24, 2.45) is 5.92 Å². The highest BCUT2D eigenvalue weighted by Crippen LogP contribution is 2.22. The van der Waals surface area contributed by atoms with Gasteiger partial charge in [0.05, 0.1) is 17.1 Å². The lowest BCUT2D eigenvalue weighted by molar-refractivity contribution is 0.179. The summed E-state index contributed by atoms with van der Waals surface area (Å²) in [6.45, 7) is 6.67. The van der Waals surface area contributed by atoms with Crippen molar-refractivity contribution in [3.8, 4) is 0 Å². The van der Waals surface area contributed by atoms with Gasteiger partial charge in [-0.25, -0.2) is 8.42 Å². The van der Waals surface area contributed by atoms with E-state index in [2.05, 4.69) is 5.32 Å². The topological polar surface area (TPSA) is 55.4 Å². The van der Waals surface area contributed by atoms with Crippen LogP contribution in [0.1, 0.15) is 27.2 Å². The van der Waals surface area contributed by atoms with Gasteiger partial charge in [-0.05, 0) is 34.2 Å². The van der Waals surface area contributed by atoms with E-state index in [-0.39, 0.29) is 11.8 Å². The molecule has 0 spiro atoms. The molecule has 1 heterocycles. The van der Waals surface area contributed by atoms with Crippen molar-refractivity contribution in [2.75, 3.05) is 26.0 Å². The van der Waals surface area contributed by atoms with E-state index in [9.17, 15) is 8.42 Å². The second-order valence-electron chi connectivity index (χ2n) is 5.41. The molecule has 0 aliphatic carbocycles. The smallest absolute Gasteiger partial charge is 0.156 e. The molecule has 0 aromatic rings. The first-order chi connectivity index (χ1) is 7.28. The minimum Gasteiger partial charge on any atom is -0.381 e. The third kappa shape index (κ3) is 3.18. The van der Waals surface area contributed by atoms with Gasteiger partial charge < -0.3 is 10.1 Å². The van der Waals surface area contributed by atoms with Crippen LogP contribution < -0.4 is 5.32 Å². The van der Waals surface area contributed by atoms with Crippen LogP contribution >= 0.6 is 0 Å². The van der Waals surface area contributed by atoms with Crippen LogP contribution in [0.25, 0.3) is 0 Å². The van der Waals surface area contributed by atoms with Crippen molar-refractivity contribution in [3.63, 3.8) is 0 Å². The zero-order valence-corrected chi connectivity index (χ0v) is 11.4. The van der Waals surface area contributed by atoms with E-state index in [0.29, 0.717) is 12.5 Å². The molecular formula is C11H23NO3S. The fraction of sp³-hybridized carbons (Fsp3) is 1.00. The molecule has 0 amide bonds. The molecule has 5 heteroatoms. The molecule has 1 rings (SSSR count). The number of hydrogen-bond acceptors (Lipinski definition) is 4. The van der Waals surface area contributed by atoms with E-state index in [4.69, 9.17) is 4.74 Å². The van der Waals surface area contributed by atoms with E-state index < -0.39 is 14.6 Å². The molecule has 96 valence electrons. The lowest BCUT2D eigenvalue weighted by Gasteiger charge is -2.26. The van der Waals surface area contributed by atoms with Crippen molar-refractivity contribution in [1.82, 2.24) is 5.32 Å². The predicted octanol–water partition coefficient (Wildman–Crippen LogP) is 0.824. The molecular weight excluding hydrogens is 226 g/mol. The van der Waals surface area contributed by atoms with Crippen molar-refractivity contribution in [2.45, 2.75) is 38.0 Å². The van der Waals surface area contributed by atoms with Crippen LogP contribution in [-0.4, -0.2) is 45.2 Å². The Hall–Kier alpha value is -0.130. The number of rotatable bonds is 4. The number of nitrogens with one attached hydrogen (secondary N) is 1. The summed E-state index contributed by atoms with van der Waals surface area (Å²) in [4.78, 5) is 0. The Bertz CT molecular complexity index is 313. The van der Waals surface area contributed by atoms with Crippen LogP contribution in [0.5, 0.6) is 0 Å². The Labute approximate surface area is 98.7 Å². The van der Waals surface area contributed by atoms with E-state index in [1.54, 1.807) is 20.8 Å². The Morgan fingerprint density at radius 3 is 2.44 bits per heavy atom. The minimum atomic E-state index is -3.06. The van der Waals surface area contributed by atoms with Crippen molar-refractivity contribution >= 4 is 9.84 Å². The standard InChI is InChI=1S/C11H23NO3S/c1-11(2,3)16(13,14)8-10(12-4)9-5-6-15-7-9/h9-10,12H,5-8H2,1-4H3. The summed E-state index contributed by atoms with van der Waals surface area (Å²) >= 11 is 0. The maximum atomic E-state index is 12.1. The molecule has 0 aromatic carbocycles. The Balaban J connectivity index is 2.70. The van der Waals surface area contributed by atoms with Crippen LogP contribution in [0.15, 0.2) is 0 Å². The van der Waals surface area contributed by atoms with Gasteiger partial charge in [-0.2, -0.15) is 0 Å². The lowest BCUT2D eigenvalue weighted by atomic mass is 10.0. The molecule has 0 saturated carbocycles. The fourth-order valence-electron chi connectivity index (χ4n) is 1.81. The van der Waals surface area contributed by atoms with Gasteiger partial charge in [-0.3, -0.25) is 0 Å². The third-order valence-electron chi connectivity index (χ3n) is 3.24. The molecule has 0 bridgehead atoms. The first kappa shape index (κ1) is 13.9. The summed E-state index contributed by atoms with van der Waals surface area (Å²) in [6, 6.07) is 0.00623. The van der Waals surface area contributed by atoms with Crippen LogP contribution in [0, 0.1) is 5.92 Å². The summed E-state index contributed by atoms with van der Waals surface area (Å²) in [5.41, 5.74) is 0. The van der Waals surface area contributed by atoms with Gasteiger partial charge in [0.15, 0.2) is 9.84 Å². The molecule has 1 aliphatic rings. The van der Waals surface area contributed by atoms with E-state index in [1.807, 2.05) is 7.05 Å². The molecule has 0 aromatic heterocycles. The van der Waals surface area contributed by atoms with Gasteiger partial charge in [-0.1, -0.05) is 0 Å². The first-order valence-electron chi connectivity index (χ1n) is 5.75. The average molecular weight is 249 g/mol. The SMILES string of the molecule is CNC(CS(=O)(=O)C(C)(C)C)C1CCOC1. The molecule has 4 nitrogen and oxygen atoms in total. The van der Waals surface area contributed by atoms with Gasteiger partial charge in [0, 0.05) is 18.6 Å². The molecule has 0 radical (unpaired) electrons. The van der Waals surface area contributed by atoms with Gasteiger partial charge in [-0.15, -0.1) is 0 Å². The maximum Gasteiger partial charge on any atom is 0.156 e. The Morgan fingerprint density at radius 1 is 1.44 bits per heavy atom. The number of sulfone groups is 1. The number of ether oxygens (including phenoxy) is 1. The second-order valence-corrected chi connectivity index (χ2v) is 8.20.